The van der Waals surface area contributed by atoms with E-state index < -0.39 is 0 Å². The molecule has 0 atom stereocenters. The molecule has 2 amide bonds. The first-order valence-corrected chi connectivity index (χ1v) is 8.86. The number of hydrogen-bond donors (Lipinski definition) is 2. The van der Waals surface area contributed by atoms with E-state index >= 15 is 0 Å². The molecule has 0 saturated carbocycles. The Morgan fingerprint density at radius 1 is 0.885 bits per heavy atom. The number of nitrogens with one attached hydrogen (secondary N) is 2. The standard InChI is InChI=1S/C20H9BrN2O3/c21-8-5-6-10-12(7-8)26-18-14(10)16-15(19(24)23-20(16)25)13-9-3-1-2-4-11(9)22-17(13)18/h1-7,22H,(H,23,24,25). The molecule has 0 fully saturated rings. The highest BCUT2D eigenvalue weighted by Gasteiger charge is 2.35. The molecule has 0 unspecified atom stereocenters. The third kappa shape index (κ3) is 1.55. The van der Waals surface area contributed by atoms with Crippen LogP contribution in [0.25, 0.3) is 43.7 Å². The molecule has 2 aromatic heterocycles. The second kappa shape index (κ2) is 4.53. The van der Waals surface area contributed by atoms with E-state index in [0.29, 0.717) is 27.7 Å². The molecular weight excluding hydrogens is 396 g/mol. The smallest absolute Gasteiger partial charge is 0.259 e. The number of aromatic amines is 1. The monoisotopic (exact) mass is 404 g/mol. The Labute approximate surface area is 154 Å². The first-order valence-electron chi connectivity index (χ1n) is 8.07. The van der Waals surface area contributed by atoms with Crippen LogP contribution in [-0.2, 0) is 0 Å². The van der Waals surface area contributed by atoms with Crippen molar-refractivity contribution in [3.8, 4) is 0 Å². The number of fused-ring (bicyclic) bond motifs is 10. The molecule has 124 valence electrons. The fraction of sp³-hybridized carbons (Fsp3) is 0. The summed E-state index contributed by atoms with van der Waals surface area (Å²) >= 11 is 3.45. The van der Waals surface area contributed by atoms with Gasteiger partial charge in [0.15, 0.2) is 5.58 Å². The Bertz CT molecular complexity index is 1460. The molecule has 0 radical (unpaired) electrons. The fourth-order valence-corrected chi connectivity index (χ4v) is 4.34. The van der Waals surface area contributed by atoms with Crippen LogP contribution in [0.5, 0.6) is 0 Å². The minimum Gasteiger partial charge on any atom is -0.454 e. The summed E-state index contributed by atoms with van der Waals surface area (Å²) in [6.07, 6.45) is 0. The summed E-state index contributed by atoms with van der Waals surface area (Å²) in [5, 5.41) is 5.55. The van der Waals surface area contributed by atoms with Gasteiger partial charge in [0.25, 0.3) is 11.8 Å². The number of rotatable bonds is 0. The third-order valence-corrected chi connectivity index (χ3v) is 5.51. The molecule has 5 aromatic rings. The highest BCUT2D eigenvalue weighted by molar-refractivity contribution is 9.10. The Morgan fingerprint density at radius 3 is 2.50 bits per heavy atom. The number of benzene rings is 3. The molecule has 2 N–H and O–H groups in total. The quantitative estimate of drug-likeness (QED) is 0.361. The van der Waals surface area contributed by atoms with Crippen LogP contribution in [0.3, 0.4) is 0 Å². The van der Waals surface area contributed by atoms with Crippen LogP contribution in [0.4, 0.5) is 0 Å². The second-order valence-electron chi connectivity index (χ2n) is 6.40. The number of amides is 2. The van der Waals surface area contributed by atoms with E-state index in [2.05, 4.69) is 26.2 Å². The van der Waals surface area contributed by atoms with E-state index in [1.807, 2.05) is 42.5 Å². The van der Waals surface area contributed by atoms with Crippen LogP contribution in [0.1, 0.15) is 20.7 Å². The normalized spacial score (nSPS) is 14.0. The number of carbonyl (C=O) groups is 2. The molecule has 1 aliphatic heterocycles. The highest BCUT2D eigenvalue weighted by atomic mass is 79.9. The van der Waals surface area contributed by atoms with Crippen molar-refractivity contribution >= 4 is 71.5 Å². The predicted molar refractivity (Wildman–Crippen MR) is 103 cm³/mol. The molecule has 0 aliphatic carbocycles. The maximum atomic E-state index is 12.6. The van der Waals surface area contributed by atoms with Crippen molar-refractivity contribution in [3.05, 3.63) is 58.1 Å². The fourth-order valence-electron chi connectivity index (χ4n) is 4.00. The molecule has 0 spiro atoms. The van der Waals surface area contributed by atoms with Crippen molar-refractivity contribution in [1.82, 2.24) is 10.3 Å². The zero-order chi connectivity index (χ0) is 17.6. The molecule has 0 saturated heterocycles. The lowest BCUT2D eigenvalue weighted by atomic mass is 9.97. The van der Waals surface area contributed by atoms with Crippen LogP contribution in [0.15, 0.2) is 51.4 Å². The van der Waals surface area contributed by atoms with E-state index in [-0.39, 0.29) is 11.8 Å². The Hall–Kier alpha value is -3.12. The van der Waals surface area contributed by atoms with E-state index in [1.54, 1.807) is 0 Å². The van der Waals surface area contributed by atoms with Crippen molar-refractivity contribution in [1.29, 1.82) is 0 Å². The largest absolute Gasteiger partial charge is 0.454 e. The van der Waals surface area contributed by atoms with Crippen LogP contribution in [0.2, 0.25) is 0 Å². The molecule has 5 nitrogen and oxygen atoms in total. The highest BCUT2D eigenvalue weighted by Crippen LogP contribution is 2.43. The minimum absolute atomic E-state index is 0.367. The summed E-state index contributed by atoms with van der Waals surface area (Å²) in [6, 6.07) is 13.4. The Morgan fingerprint density at radius 2 is 1.65 bits per heavy atom. The van der Waals surface area contributed by atoms with E-state index in [9.17, 15) is 9.59 Å². The van der Waals surface area contributed by atoms with Crippen molar-refractivity contribution in [2.45, 2.75) is 0 Å². The maximum Gasteiger partial charge on any atom is 0.259 e. The van der Waals surface area contributed by atoms with Crippen molar-refractivity contribution in [2.24, 2.45) is 0 Å². The molecule has 0 bridgehead atoms. The molecule has 26 heavy (non-hydrogen) atoms. The average Bonchev–Trinajstić information content (AvgIpc) is 3.25. The number of hydrogen-bond acceptors (Lipinski definition) is 3. The van der Waals surface area contributed by atoms with Crippen molar-refractivity contribution in [2.75, 3.05) is 0 Å². The average molecular weight is 405 g/mol. The van der Waals surface area contributed by atoms with Crippen LogP contribution < -0.4 is 5.32 Å². The lowest BCUT2D eigenvalue weighted by Gasteiger charge is -2.01. The number of furan rings is 1. The third-order valence-electron chi connectivity index (χ3n) is 5.02. The summed E-state index contributed by atoms with van der Waals surface area (Å²) in [5.41, 5.74) is 3.69. The van der Waals surface area contributed by atoms with Gasteiger partial charge in [-0.2, -0.15) is 0 Å². The van der Waals surface area contributed by atoms with Gasteiger partial charge in [-0.25, -0.2) is 0 Å². The molecule has 3 heterocycles. The van der Waals surface area contributed by atoms with Gasteiger partial charge < -0.3 is 9.40 Å². The molecule has 6 heteroatoms. The summed E-state index contributed by atoms with van der Waals surface area (Å²) in [6.45, 7) is 0. The number of aromatic nitrogens is 1. The topological polar surface area (TPSA) is 75.1 Å². The van der Waals surface area contributed by atoms with Crippen molar-refractivity contribution < 1.29 is 14.0 Å². The summed E-state index contributed by atoms with van der Waals surface area (Å²) in [7, 11) is 0. The number of para-hydroxylation sites is 1. The molecular formula is C20H9BrN2O3. The predicted octanol–water partition coefficient (Wildman–Crippen LogP) is 4.87. The van der Waals surface area contributed by atoms with Gasteiger partial charge in [0.05, 0.1) is 16.6 Å². The number of H-pyrrole nitrogens is 1. The SMILES string of the molecule is O=C1NC(=O)c2c1c1c3ccccc3[nH]c1c1oc3cc(Br)ccc3c21. The zero-order valence-corrected chi connectivity index (χ0v) is 14.7. The summed E-state index contributed by atoms with van der Waals surface area (Å²) in [4.78, 5) is 28.6. The lowest BCUT2D eigenvalue weighted by molar-refractivity contribution is 0.0880. The van der Waals surface area contributed by atoms with Crippen LogP contribution >= 0.6 is 15.9 Å². The van der Waals surface area contributed by atoms with Gasteiger partial charge in [-0.1, -0.05) is 34.1 Å². The Balaban J connectivity index is 2.01. The van der Waals surface area contributed by atoms with Gasteiger partial charge in [0.2, 0.25) is 0 Å². The molecule has 1 aliphatic rings. The molecule has 3 aromatic carbocycles. The number of imide groups is 1. The van der Waals surface area contributed by atoms with Crippen molar-refractivity contribution in [3.63, 3.8) is 0 Å². The van der Waals surface area contributed by atoms with E-state index in [1.165, 1.54) is 0 Å². The van der Waals surface area contributed by atoms with Gasteiger partial charge in [0, 0.05) is 31.5 Å². The maximum absolute atomic E-state index is 12.6. The van der Waals surface area contributed by atoms with Gasteiger partial charge >= 0.3 is 0 Å². The van der Waals surface area contributed by atoms with E-state index in [4.69, 9.17) is 4.42 Å². The van der Waals surface area contributed by atoms with Gasteiger partial charge in [0.1, 0.15) is 5.58 Å². The number of halogens is 1. The number of carbonyl (C=O) groups excluding carboxylic acids is 2. The minimum atomic E-state index is -0.382. The van der Waals surface area contributed by atoms with Gasteiger partial charge in [-0.05, 0) is 24.3 Å². The first-order chi connectivity index (χ1) is 12.6. The summed E-state index contributed by atoms with van der Waals surface area (Å²) in [5.74, 6) is -0.749. The first kappa shape index (κ1) is 14.1. The summed E-state index contributed by atoms with van der Waals surface area (Å²) < 4.78 is 7.02. The van der Waals surface area contributed by atoms with E-state index in [0.717, 1.165) is 31.7 Å². The Kier molecular flexibility index (Phi) is 2.46. The molecule has 6 rings (SSSR count). The van der Waals surface area contributed by atoms with Gasteiger partial charge in [-0.15, -0.1) is 0 Å². The van der Waals surface area contributed by atoms with Gasteiger partial charge in [-0.3, -0.25) is 14.9 Å². The second-order valence-corrected chi connectivity index (χ2v) is 7.32. The van der Waals surface area contributed by atoms with Crippen LogP contribution in [0, 0.1) is 0 Å². The van der Waals surface area contributed by atoms with Crippen LogP contribution in [-0.4, -0.2) is 16.8 Å². The lowest BCUT2D eigenvalue weighted by Crippen LogP contribution is -2.20. The zero-order valence-electron chi connectivity index (χ0n) is 13.1.